The van der Waals surface area contributed by atoms with Crippen molar-refractivity contribution in [3.8, 4) is 0 Å². The van der Waals surface area contributed by atoms with Gasteiger partial charge in [0.2, 0.25) is 0 Å². The summed E-state index contributed by atoms with van der Waals surface area (Å²) in [5.74, 6) is 0. The Balaban J connectivity index is 0.000000250. The smallest absolute Gasteiger partial charge is 0.385 e. The molecule has 2 aliphatic heterocycles. The van der Waals surface area contributed by atoms with Crippen LogP contribution in [0, 0.1) is 0 Å². The van der Waals surface area contributed by atoms with Crippen LogP contribution in [0.5, 0.6) is 0 Å². The van der Waals surface area contributed by atoms with Crippen LogP contribution in [0.2, 0.25) is 0 Å². The minimum Gasteiger partial charge on any atom is -0.385 e. The summed E-state index contributed by atoms with van der Waals surface area (Å²) >= 11 is 0. The monoisotopic (exact) mass is 289 g/mol. The molecule has 2 rings (SSSR count). The predicted octanol–water partition coefficient (Wildman–Crippen LogP) is 0.442. The number of nitrogens with zero attached hydrogens (tertiary/aromatic N) is 1. The van der Waals surface area contributed by atoms with E-state index in [0.717, 1.165) is 39.4 Å². The number of piperazine rings is 1. The molecule has 6 heteroatoms. The van der Waals surface area contributed by atoms with Crippen molar-refractivity contribution < 1.29 is 8.85 Å². The summed E-state index contributed by atoms with van der Waals surface area (Å²) in [6.45, 7) is 12.6. The second kappa shape index (κ2) is 11.8. The Hall–Kier alpha value is 0.0169. The van der Waals surface area contributed by atoms with Gasteiger partial charge in [0.15, 0.2) is 0 Å². The summed E-state index contributed by atoms with van der Waals surface area (Å²) in [6, 6.07) is 0. The second-order valence-corrected chi connectivity index (χ2v) is 6.83. The van der Waals surface area contributed by atoms with Crippen LogP contribution in [0.1, 0.15) is 33.1 Å². The van der Waals surface area contributed by atoms with Crippen LogP contribution in [-0.2, 0) is 8.85 Å². The molecule has 0 aromatic carbocycles. The molecule has 0 aromatic rings. The molecule has 0 aromatic heterocycles. The van der Waals surface area contributed by atoms with E-state index < -0.39 is 9.45 Å². The van der Waals surface area contributed by atoms with Gasteiger partial charge >= 0.3 is 9.45 Å². The van der Waals surface area contributed by atoms with Crippen molar-refractivity contribution in [3.63, 3.8) is 0 Å². The van der Waals surface area contributed by atoms with Crippen molar-refractivity contribution in [2.24, 2.45) is 0 Å². The second-order valence-electron chi connectivity index (χ2n) is 4.81. The highest BCUT2D eigenvalue weighted by molar-refractivity contribution is 6.41. The Morgan fingerprint density at radius 1 is 0.842 bits per heavy atom. The van der Waals surface area contributed by atoms with Crippen molar-refractivity contribution in [1.82, 2.24) is 15.2 Å². The van der Waals surface area contributed by atoms with Crippen molar-refractivity contribution in [1.29, 1.82) is 0 Å². The fourth-order valence-corrected chi connectivity index (χ4v) is 4.15. The molecule has 0 amide bonds. The molecular formula is C13H31N3O2Si. The molecule has 2 saturated heterocycles. The van der Waals surface area contributed by atoms with Crippen LogP contribution >= 0.6 is 0 Å². The maximum absolute atomic E-state index is 5.66. The molecule has 0 radical (unpaired) electrons. The van der Waals surface area contributed by atoms with E-state index in [9.17, 15) is 0 Å². The topological polar surface area (TPSA) is 45.8 Å². The lowest BCUT2D eigenvalue weighted by Crippen LogP contribution is -2.47. The zero-order valence-electron chi connectivity index (χ0n) is 12.6. The average Bonchev–Trinajstić information content (AvgIpc) is 2.50. The van der Waals surface area contributed by atoms with Gasteiger partial charge in [0, 0.05) is 39.4 Å². The molecule has 114 valence electrons. The Morgan fingerprint density at radius 2 is 1.32 bits per heavy atom. The number of rotatable bonds is 5. The first-order valence-electron chi connectivity index (χ1n) is 7.77. The maximum atomic E-state index is 5.66. The molecule has 2 aliphatic rings. The van der Waals surface area contributed by atoms with Crippen LogP contribution in [-0.4, -0.2) is 66.5 Å². The van der Waals surface area contributed by atoms with Gasteiger partial charge in [-0.05, 0) is 39.8 Å². The quantitative estimate of drug-likeness (QED) is 0.719. The normalized spacial score (nSPS) is 21.0. The Labute approximate surface area is 120 Å². The van der Waals surface area contributed by atoms with E-state index in [1.54, 1.807) is 0 Å². The standard InChI is InChI=1S/C9H21NO2Si.C4H10N2/c1-3-11-13(12-4-2)10-8-6-5-7-9-10;1-2-6-4-3-5-1/h13H,3-9H2,1-2H3;5-6H,1-4H2. The Kier molecular flexibility index (Phi) is 10.6. The first-order chi connectivity index (χ1) is 9.38. The van der Waals surface area contributed by atoms with Gasteiger partial charge in [-0.25, -0.2) is 0 Å². The number of hydrogen-bond donors (Lipinski definition) is 2. The summed E-state index contributed by atoms with van der Waals surface area (Å²) in [6.07, 6.45) is 3.99. The van der Waals surface area contributed by atoms with E-state index in [2.05, 4.69) is 15.2 Å². The van der Waals surface area contributed by atoms with Crippen molar-refractivity contribution in [2.45, 2.75) is 33.1 Å². The molecule has 0 aliphatic carbocycles. The van der Waals surface area contributed by atoms with E-state index in [4.69, 9.17) is 8.85 Å². The third-order valence-corrected chi connectivity index (χ3v) is 5.61. The first kappa shape index (κ1) is 17.1. The SMILES string of the molecule is C1CNCCN1.CCO[SiH](OCC)N1CCCCC1. The maximum Gasteiger partial charge on any atom is 0.411 e. The van der Waals surface area contributed by atoms with Crippen LogP contribution in [0.15, 0.2) is 0 Å². The van der Waals surface area contributed by atoms with Crippen LogP contribution in [0.4, 0.5) is 0 Å². The molecule has 5 nitrogen and oxygen atoms in total. The average molecular weight is 289 g/mol. The molecule has 19 heavy (non-hydrogen) atoms. The molecule has 0 unspecified atom stereocenters. The van der Waals surface area contributed by atoms with E-state index >= 15 is 0 Å². The van der Waals surface area contributed by atoms with Crippen molar-refractivity contribution in [3.05, 3.63) is 0 Å². The molecule has 0 spiro atoms. The molecule has 2 N–H and O–H groups in total. The van der Waals surface area contributed by atoms with E-state index in [0.29, 0.717) is 0 Å². The zero-order valence-corrected chi connectivity index (χ0v) is 13.8. The van der Waals surface area contributed by atoms with Crippen LogP contribution < -0.4 is 10.6 Å². The zero-order chi connectivity index (χ0) is 13.8. The van der Waals surface area contributed by atoms with E-state index in [1.165, 1.54) is 32.4 Å². The number of hydrogen-bond acceptors (Lipinski definition) is 5. The first-order valence-corrected chi connectivity index (χ1v) is 9.23. The molecule has 0 atom stereocenters. The summed E-state index contributed by atoms with van der Waals surface area (Å²) in [7, 11) is -1.48. The third kappa shape index (κ3) is 8.01. The number of nitrogens with one attached hydrogen (secondary N) is 2. The van der Waals surface area contributed by atoms with Gasteiger partial charge in [-0.3, -0.25) is 4.57 Å². The van der Waals surface area contributed by atoms with Gasteiger partial charge in [0.05, 0.1) is 0 Å². The van der Waals surface area contributed by atoms with Crippen molar-refractivity contribution >= 4 is 9.45 Å². The van der Waals surface area contributed by atoms with Gasteiger partial charge in [-0.2, -0.15) is 0 Å². The highest BCUT2D eigenvalue weighted by Crippen LogP contribution is 2.11. The predicted molar refractivity (Wildman–Crippen MR) is 81.6 cm³/mol. The number of piperidine rings is 1. The molecule has 0 bridgehead atoms. The van der Waals surface area contributed by atoms with E-state index in [-0.39, 0.29) is 0 Å². The lowest BCUT2D eigenvalue weighted by atomic mass is 10.2. The summed E-state index contributed by atoms with van der Waals surface area (Å²) < 4.78 is 13.8. The van der Waals surface area contributed by atoms with Crippen LogP contribution in [0.25, 0.3) is 0 Å². The van der Waals surface area contributed by atoms with Gasteiger partial charge in [0.1, 0.15) is 0 Å². The van der Waals surface area contributed by atoms with Gasteiger partial charge in [0.25, 0.3) is 0 Å². The molecular weight excluding hydrogens is 258 g/mol. The Morgan fingerprint density at radius 3 is 1.68 bits per heavy atom. The van der Waals surface area contributed by atoms with Gasteiger partial charge in [-0.1, -0.05) is 6.42 Å². The fourth-order valence-electron chi connectivity index (χ4n) is 2.28. The minimum atomic E-state index is -1.48. The highest BCUT2D eigenvalue weighted by atomic mass is 28.3. The van der Waals surface area contributed by atoms with Crippen molar-refractivity contribution in [2.75, 3.05) is 52.5 Å². The van der Waals surface area contributed by atoms with Gasteiger partial charge < -0.3 is 19.5 Å². The Bertz CT molecular complexity index is 183. The van der Waals surface area contributed by atoms with Crippen LogP contribution in [0.3, 0.4) is 0 Å². The highest BCUT2D eigenvalue weighted by Gasteiger charge is 2.24. The van der Waals surface area contributed by atoms with E-state index in [1.807, 2.05) is 13.8 Å². The minimum absolute atomic E-state index is 0.785. The summed E-state index contributed by atoms with van der Waals surface area (Å²) in [5, 5.41) is 6.44. The fraction of sp³-hybridized carbons (Fsp3) is 1.00. The lowest BCUT2D eigenvalue weighted by molar-refractivity contribution is 0.144. The molecule has 0 saturated carbocycles. The van der Waals surface area contributed by atoms with Gasteiger partial charge in [-0.15, -0.1) is 0 Å². The lowest BCUT2D eigenvalue weighted by Gasteiger charge is -2.31. The molecule has 2 fully saturated rings. The summed E-state index contributed by atoms with van der Waals surface area (Å²) in [5.41, 5.74) is 0. The third-order valence-electron chi connectivity index (χ3n) is 3.26. The summed E-state index contributed by atoms with van der Waals surface area (Å²) in [4.78, 5) is 0. The largest absolute Gasteiger partial charge is 0.411 e. The molecule has 2 heterocycles.